The standard InChI is InChI=1S/C14Cl9/c15-3-1-2-4(10(19)8(3)17)9(18)6-5(7(2)16)11(20)13(22)14(23)12(6)21. The van der Waals surface area contributed by atoms with Gasteiger partial charge in [-0.1, -0.05) is 104 Å². The van der Waals surface area contributed by atoms with E-state index in [4.69, 9.17) is 104 Å². The summed E-state index contributed by atoms with van der Waals surface area (Å²) in [5.74, 6) is 0. The Kier molecular flexibility index (Phi) is 5.25. The number of benzene rings is 3. The largest absolute Gasteiger partial charge is 0.0829 e. The summed E-state index contributed by atoms with van der Waals surface area (Å²) >= 11 is 56.0. The maximum atomic E-state index is 6.47. The number of hydrogen-bond donors (Lipinski definition) is 0. The molecule has 0 unspecified atom stereocenters. The van der Waals surface area contributed by atoms with Gasteiger partial charge in [-0.05, 0) is 0 Å². The number of hydrogen-bond acceptors (Lipinski definition) is 0. The summed E-state index contributed by atoms with van der Waals surface area (Å²) < 4.78 is 0. The molecule has 9 heteroatoms. The van der Waals surface area contributed by atoms with Crippen LogP contribution >= 0.6 is 104 Å². The first-order valence-corrected chi connectivity index (χ1v) is 9.10. The number of halogens is 9. The fourth-order valence-corrected chi connectivity index (χ4v) is 4.77. The Morgan fingerprint density at radius 3 is 1.35 bits per heavy atom. The van der Waals surface area contributed by atoms with Crippen LogP contribution in [0.5, 0.6) is 0 Å². The van der Waals surface area contributed by atoms with Crippen LogP contribution in [0.2, 0.25) is 45.2 Å². The summed E-state index contributed by atoms with van der Waals surface area (Å²) in [6.07, 6.45) is 0. The lowest BCUT2D eigenvalue weighted by Crippen LogP contribution is -1.89. The number of fused-ring (bicyclic) bond motifs is 2. The van der Waals surface area contributed by atoms with Crippen LogP contribution in [0.4, 0.5) is 0 Å². The molecule has 0 saturated carbocycles. The summed E-state index contributed by atoms with van der Waals surface area (Å²) in [7, 11) is 0. The Morgan fingerprint density at radius 2 is 0.826 bits per heavy atom. The van der Waals surface area contributed by atoms with Gasteiger partial charge in [0.2, 0.25) is 0 Å². The molecule has 0 heterocycles. The molecular weight excluding hydrogens is 487 g/mol. The van der Waals surface area contributed by atoms with E-state index in [1.54, 1.807) is 0 Å². The Labute approximate surface area is 176 Å². The van der Waals surface area contributed by atoms with Gasteiger partial charge >= 0.3 is 0 Å². The van der Waals surface area contributed by atoms with Crippen molar-refractivity contribution in [1.29, 1.82) is 0 Å². The average Bonchev–Trinajstić information content (AvgIpc) is 2.51. The summed E-state index contributed by atoms with van der Waals surface area (Å²) in [6, 6.07) is 2.84. The summed E-state index contributed by atoms with van der Waals surface area (Å²) in [6.45, 7) is 0. The molecular formula is C14Cl9. The number of rotatable bonds is 0. The minimum atomic E-state index is 0.0586. The third-order valence-corrected chi connectivity index (χ3v) is 7.03. The minimum absolute atomic E-state index is 0.0586. The van der Waals surface area contributed by atoms with Crippen molar-refractivity contribution >= 4 is 126 Å². The molecule has 0 fully saturated rings. The predicted molar refractivity (Wildman–Crippen MR) is 105 cm³/mol. The predicted octanol–water partition coefficient (Wildman–Crippen LogP) is 9.67. The molecule has 3 aromatic carbocycles. The Morgan fingerprint density at radius 1 is 0.391 bits per heavy atom. The summed E-state index contributed by atoms with van der Waals surface area (Å²) in [5, 5.41) is 2.35. The van der Waals surface area contributed by atoms with Crippen molar-refractivity contribution in [2.75, 3.05) is 0 Å². The monoisotopic (exact) mass is 483 g/mol. The highest BCUT2D eigenvalue weighted by Gasteiger charge is 2.24. The van der Waals surface area contributed by atoms with E-state index in [1.807, 2.05) is 0 Å². The lowest BCUT2D eigenvalue weighted by Gasteiger charge is -2.16. The second-order valence-electron chi connectivity index (χ2n) is 4.45. The van der Waals surface area contributed by atoms with Crippen LogP contribution in [0.1, 0.15) is 0 Å². The maximum Gasteiger partial charge on any atom is 0.0800 e. The second-order valence-corrected chi connectivity index (χ2v) is 7.85. The van der Waals surface area contributed by atoms with Gasteiger partial charge in [0.05, 0.1) is 45.2 Å². The van der Waals surface area contributed by atoms with E-state index in [1.165, 1.54) is 0 Å². The quantitative estimate of drug-likeness (QED) is 0.168. The first-order chi connectivity index (χ1) is 10.7. The second kappa shape index (κ2) is 6.50. The Balaban J connectivity index is 2.77. The molecule has 3 aromatic rings. The zero-order valence-corrected chi connectivity index (χ0v) is 17.2. The van der Waals surface area contributed by atoms with E-state index in [0.717, 1.165) is 0 Å². The maximum absolute atomic E-state index is 6.47. The normalized spacial score (nSPS) is 11.7. The van der Waals surface area contributed by atoms with E-state index in [-0.39, 0.29) is 45.2 Å². The van der Waals surface area contributed by atoms with Gasteiger partial charge in [0.1, 0.15) is 0 Å². The van der Waals surface area contributed by atoms with Crippen molar-refractivity contribution in [3.63, 3.8) is 0 Å². The molecule has 23 heavy (non-hydrogen) atoms. The Bertz CT molecular complexity index is 1010. The Hall–Kier alpha value is 0.790. The molecule has 0 aliphatic carbocycles. The van der Waals surface area contributed by atoms with Crippen LogP contribution in [0.3, 0.4) is 0 Å². The topological polar surface area (TPSA) is 0 Å². The van der Waals surface area contributed by atoms with Crippen molar-refractivity contribution in [3.8, 4) is 0 Å². The fraction of sp³-hybridized carbons (Fsp3) is 0. The highest BCUT2D eigenvalue weighted by molar-refractivity contribution is 6.61. The first-order valence-electron chi connectivity index (χ1n) is 5.70. The average molecular weight is 487 g/mol. The smallest absolute Gasteiger partial charge is 0.0800 e. The van der Waals surface area contributed by atoms with E-state index in [0.29, 0.717) is 21.5 Å². The van der Waals surface area contributed by atoms with Gasteiger partial charge in [0, 0.05) is 27.6 Å². The van der Waals surface area contributed by atoms with Crippen molar-refractivity contribution in [2.45, 2.75) is 0 Å². The molecule has 119 valence electrons. The molecule has 3 rings (SSSR count). The van der Waals surface area contributed by atoms with Crippen LogP contribution in [0.25, 0.3) is 21.5 Å². The summed E-state index contributed by atoms with van der Waals surface area (Å²) in [5.41, 5.74) is 0. The molecule has 0 spiro atoms. The van der Waals surface area contributed by atoms with E-state index in [9.17, 15) is 0 Å². The van der Waals surface area contributed by atoms with Crippen LogP contribution in [0.15, 0.2) is 0 Å². The van der Waals surface area contributed by atoms with Crippen LogP contribution in [-0.4, -0.2) is 0 Å². The van der Waals surface area contributed by atoms with E-state index < -0.39 is 0 Å². The van der Waals surface area contributed by atoms with Crippen molar-refractivity contribution < 1.29 is 0 Å². The molecule has 0 amide bonds. The SMILES string of the molecule is Clc1[c]c2c(Cl)c3c(Cl)c(Cl)c(Cl)c(Cl)c3c(Cl)c2c(Cl)c1Cl. The molecule has 1 radical (unpaired) electrons. The summed E-state index contributed by atoms with van der Waals surface area (Å²) in [4.78, 5) is 0. The lowest BCUT2D eigenvalue weighted by atomic mass is 10.0. The highest BCUT2D eigenvalue weighted by Crippen LogP contribution is 2.53. The van der Waals surface area contributed by atoms with Gasteiger partial charge in [-0.25, -0.2) is 0 Å². The molecule has 0 bridgehead atoms. The van der Waals surface area contributed by atoms with Gasteiger partial charge < -0.3 is 0 Å². The van der Waals surface area contributed by atoms with Crippen molar-refractivity contribution in [1.82, 2.24) is 0 Å². The minimum Gasteiger partial charge on any atom is -0.0829 e. The van der Waals surface area contributed by atoms with E-state index in [2.05, 4.69) is 6.07 Å². The van der Waals surface area contributed by atoms with Gasteiger partial charge in [0.25, 0.3) is 0 Å². The molecule has 0 N–H and O–H groups in total. The third kappa shape index (κ3) is 2.67. The van der Waals surface area contributed by atoms with E-state index >= 15 is 0 Å². The van der Waals surface area contributed by atoms with Crippen LogP contribution < -0.4 is 0 Å². The molecule has 0 saturated heterocycles. The van der Waals surface area contributed by atoms with Gasteiger partial charge in [-0.2, -0.15) is 0 Å². The lowest BCUT2D eigenvalue weighted by molar-refractivity contribution is 1.74. The molecule has 0 nitrogen and oxygen atoms in total. The van der Waals surface area contributed by atoms with Gasteiger partial charge in [-0.15, -0.1) is 0 Å². The molecule has 0 aliphatic rings. The van der Waals surface area contributed by atoms with Gasteiger partial charge in [0.15, 0.2) is 0 Å². The van der Waals surface area contributed by atoms with Crippen molar-refractivity contribution in [2.24, 2.45) is 0 Å². The van der Waals surface area contributed by atoms with Crippen LogP contribution in [-0.2, 0) is 0 Å². The molecule has 0 atom stereocenters. The first kappa shape index (κ1) is 18.6. The zero-order valence-electron chi connectivity index (χ0n) is 10.4. The molecule has 0 aliphatic heterocycles. The third-order valence-electron chi connectivity index (χ3n) is 3.23. The highest BCUT2D eigenvalue weighted by atomic mass is 35.5. The van der Waals surface area contributed by atoms with Crippen molar-refractivity contribution in [3.05, 3.63) is 51.3 Å². The van der Waals surface area contributed by atoms with Gasteiger partial charge in [-0.3, -0.25) is 0 Å². The fourth-order valence-electron chi connectivity index (χ4n) is 2.21. The molecule has 0 aromatic heterocycles. The zero-order chi connectivity index (χ0) is 17.2. The van der Waals surface area contributed by atoms with Crippen LogP contribution in [0, 0.1) is 6.07 Å².